The van der Waals surface area contributed by atoms with Crippen molar-refractivity contribution in [2.75, 3.05) is 11.6 Å². The minimum absolute atomic E-state index is 0.101. The summed E-state index contributed by atoms with van der Waals surface area (Å²) in [7, 11) is 0. The van der Waals surface area contributed by atoms with Gasteiger partial charge in [0.1, 0.15) is 5.75 Å². The Hall–Kier alpha value is -5.04. The van der Waals surface area contributed by atoms with E-state index >= 15 is 0 Å². The molecule has 1 N–H and O–H groups in total. The molecule has 0 amide bonds. The summed E-state index contributed by atoms with van der Waals surface area (Å²) in [6, 6.07) is 29.4. The number of aromatic carboxylic acids is 1. The van der Waals surface area contributed by atoms with Crippen LogP contribution in [0.3, 0.4) is 0 Å². The number of fused-ring (bicyclic) bond motifs is 1. The van der Waals surface area contributed by atoms with Crippen LogP contribution in [0.25, 0.3) is 22.2 Å². The Morgan fingerprint density at radius 2 is 1.57 bits per heavy atom. The van der Waals surface area contributed by atoms with Crippen molar-refractivity contribution in [2.24, 2.45) is 5.10 Å². The fourth-order valence-electron chi connectivity index (χ4n) is 4.97. The largest absolute Gasteiger partial charge is 0.494 e. The molecule has 1 atom stereocenters. The highest BCUT2D eigenvalue weighted by atomic mass is 16.5. The van der Waals surface area contributed by atoms with Crippen molar-refractivity contribution in [3.63, 3.8) is 0 Å². The van der Waals surface area contributed by atoms with Gasteiger partial charge in [0.2, 0.25) is 0 Å². The summed E-state index contributed by atoms with van der Waals surface area (Å²) in [6.45, 7) is 2.80. The van der Waals surface area contributed by atoms with Crippen LogP contribution in [0.4, 0.5) is 5.69 Å². The van der Waals surface area contributed by atoms with E-state index < -0.39 is 5.97 Å². The van der Waals surface area contributed by atoms with Crippen molar-refractivity contribution < 1.29 is 14.6 Å². The summed E-state index contributed by atoms with van der Waals surface area (Å²) in [5.41, 5.74) is 7.77. The molecule has 0 saturated carbocycles. The Morgan fingerprint density at radius 3 is 2.30 bits per heavy atom. The van der Waals surface area contributed by atoms with Gasteiger partial charge in [0.05, 0.1) is 40.6 Å². The predicted octanol–water partition coefficient (Wildman–Crippen LogP) is 7.14. The van der Waals surface area contributed by atoms with E-state index in [2.05, 4.69) is 53.3 Å². The topological polar surface area (TPSA) is 87.9 Å². The van der Waals surface area contributed by atoms with Crippen LogP contribution in [0.1, 0.15) is 47.3 Å². The third-order valence-electron chi connectivity index (χ3n) is 7.03. The van der Waals surface area contributed by atoms with Crippen molar-refractivity contribution >= 4 is 28.4 Å². The molecule has 1 unspecified atom stereocenters. The molecule has 7 heteroatoms. The predicted molar refractivity (Wildman–Crippen MR) is 157 cm³/mol. The number of rotatable bonds is 8. The first-order chi connectivity index (χ1) is 19.6. The SMILES string of the molecule is CCCOc1ccc(-c2ccc(C3CC(c4ccc5nccnc5c4)=NN3c3cccc(C(=O)O)c3)cc2)cc1. The maximum atomic E-state index is 11.7. The summed E-state index contributed by atoms with van der Waals surface area (Å²) < 4.78 is 5.72. The van der Waals surface area contributed by atoms with Crippen molar-refractivity contribution in [3.05, 3.63) is 120 Å². The van der Waals surface area contributed by atoms with Gasteiger partial charge < -0.3 is 9.84 Å². The molecule has 1 aliphatic rings. The number of benzene rings is 4. The zero-order valence-electron chi connectivity index (χ0n) is 22.1. The number of hydrogen-bond donors (Lipinski definition) is 1. The number of carboxylic acid groups (broad SMARTS) is 1. The molecule has 0 saturated heterocycles. The van der Waals surface area contributed by atoms with Crippen LogP contribution in [-0.2, 0) is 0 Å². The van der Waals surface area contributed by atoms with Gasteiger partial charge in [-0.05, 0) is 65.6 Å². The van der Waals surface area contributed by atoms with Gasteiger partial charge in [-0.3, -0.25) is 15.0 Å². The molecule has 4 aromatic carbocycles. The lowest BCUT2D eigenvalue weighted by Gasteiger charge is -2.24. The molecule has 0 spiro atoms. The van der Waals surface area contributed by atoms with E-state index in [1.165, 1.54) is 0 Å². The number of nitrogens with zero attached hydrogens (tertiary/aromatic N) is 4. The van der Waals surface area contributed by atoms with Crippen LogP contribution in [0, 0.1) is 0 Å². The third kappa shape index (κ3) is 5.14. The minimum atomic E-state index is -0.967. The fraction of sp³-hybridized carbons (Fsp3) is 0.152. The van der Waals surface area contributed by atoms with Gasteiger partial charge in [0.15, 0.2) is 0 Å². The zero-order chi connectivity index (χ0) is 27.5. The van der Waals surface area contributed by atoms with Gasteiger partial charge in [-0.2, -0.15) is 5.10 Å². The van der Waals surface area contributed by atoms with Crippen LogP contribution < -0.4 is 9.75 Å². The molecule has 1 aromatic heterocycles. The number of ether oxygens (including phenoxy) is 1. The lowest BCUT2D eigenvalue weighted by molar-refractivity contribution is 0.0697. The summed E-state index contributed by atoms with van der Waals surface area (Å²) in [5.74, 6) is -0.0953. The van der Waals surface area contributed by atoms with Crippen LogP contribution in [0.15, 0.2) is 108 Å². The van der Waals surface area contributed by atoms with Crippen molar-refractivity contribution in [1.29, 1.82) is 0 Å². The van der Waals surface area contributed by atoms with E-state index in [9.17, 15) is 9.90 Å². The van der Waals surface area contributed by atoms with Crippen molar-refractivity contribution in [3.8, 4) is 16.9 Å². The van der Waals surface area contributed by atoms with Gasteiger partial charge >= 0.3 is 5.97 Å². The summed E-state index contributed by atoms with van der Waals surface area (Å²) >= 11 is 0. The van der Waals surface area contributed by atoms with Crippen LogP contribution in [0.5, 0.6) is 5.75 Å². The van der Waals surface area contributed by atoms with E-state index in [0.29, 0.717) is 13.0 Å². The molecular formula is C33H28N4O3. The van der Waals surface area contributed by atoms with Gasteiger partial charge in [-0.15, -0.1) is 0 Å². The van der Waals surface area contributed by atoms with E-state index in [1.54, 1.807) is 30.6 Å². The Kier molecular flexibility index (Phi) is 6.93. The van der Waals surface area contributed by atoms with Gasteiger partial charge in [0, 0.05) is 24.4 Å². The highest BCUT2D eigenvalue weighted by Gasteiger charge is 2.30. The molecular weight excluding hydrogens is 500 g/mol. The second kappa shape index (κ2) is 11.0. The monoisotopic (exact) mass is 528 g/mol. The maximum Gasteiger partial charge on any atom is 0.335 e. The van der Waals surface area contributed by atoms with Gasteiger partial charge in [-0.25, -0.2) is 4.79 Å². The Morgan fingerprint density at radius 1 is 0.875 bits per heavy atom. The molecule has 0 fully saturated rings. The van der Waals surface area contributed by atoms with E-state index in [-0.39, 0.29) is 11.6 Å². The summed E-state index contributed by atoms with van der Waals surface area (Å²) in [4.78, 5) is 20.5. The first kappa shape index (κ1) is 25.2. The van der Waals surface area contributed by atoms with E-state index in [1.807, 2.05) is 41.4 Å². The van der Waals surface area contributed by atoms with Crippen LogP contribution in [-0.4, -0.2) is 33.4 Å². The molecule has 0 radical (unpaired) electrons. The maximum absolute atomic E-state index is 11.7. The number of hydrogen-bond acceptors (Lipinski definition) is 6. The Bertz CT molecular complexity index is 1700. The fourth-order valence-corrected chi connectivity index (χ4v) is 4.97. The second-order valence-corrected chi connectivity index (χ2v) is 9.72. The molecule has 198 valence electrons. The van der Waals surface area contributed by atoms with E-state index in [0.717, 1.165) is 56.9 Å². The second-order valence-electron chi connectivity index (χ2n) is 9.72. The molecule has 7 nitrogen and oxygen atoms in total. The lowest BCUT2D eigenvalue weighted by atomic mass is 9.95. The third-order valence-corrected chi connectivity index (χ3v) is 7.03. The van der Waals surface area contributed by atoms with Gasteiger partial charge in [-0.1, -0.05) is 55.5 Å². The van der Waals surface area contributed by atoms with Crippen LogP contribution >= 0.6 is 0 Å². The molecule has 2 heterocycles. The number of hydrazone groups is 1. The van der Waals surface area contributed by atoms with E-state index in [4.69, 9.17) is 9.84 Å². The van der Waals surface area contributed by atoms with Crippen LogP contribution in [0.2, 0.25) is 0 Å². The van der Waals surface area contributed by atoms with Crippen molar-refractivity contribution in [1.82, 2.24) is 9.97 Å². The minimum Gasteiger partial charge on any atom is -0.494 e. The highest BCUT2D eigenvalue weighted by molar-refractivity contribution is 6.05. The smallest absolute Gasteiger partial charge is 0.335 e. The summed E-state index contributed by atoms with van der Waals surface area (Å²) in [5, 5.41) is 16.5. The number of anilines is 1. The number of carboxylic acids is 1. The molecule has 0 aliphatic carbocycles. The highest BCUT2D eigenvalue weighted by Crippen LogP contribution is 2.38. The zero-order valence-corrected chi connectivity index (χ0v) is 22.1. The van der Waals surface area contributed by atoms with Gasteiger partial charge in [0.25, 0.3) is 0 Å². The normalized spacial score (nSPS) is 14.8. The van der Waals surface area contributed by atoms with Crippen molar-refractivity contribution in [2.45, 2.75) is 25.8 Å². The molecule has 6 rings (SSSR count). The lowest BCUT2D eigenvalue weighted by Crippen LogP contribution is -2.19. The average molecular weight is 529 g/mol. The molecule has 40 heavy (non-hydrogen) atoms. The number of aromatic nitrogens is 2. The molecule has 0 bridgehead atoms. The Balaban J connectivity index is 1.33. The number of carbonyl (C=O) groups is 1. The standard InChI is InChI=1S/C33H28N4O3/c1-2-18-40-28-13-10-23(11-14-28)22-6-8-24(9-7-22)32-21-30(25-12-15-29-31(20-25)35-17-16-34-29)36-37(32)27-5-3-4-26(19-27)33(38)39/h3-17,19-20,32H,2,18,21H2,1H3,(H,38,39). The molecule has 5 aromatic rings. The average Bonchev–Trinajstić information content (AvgIpc) is 3.46. The first-order valence-electron chi connectivity index (χ1n) is 13.3. The quantitative estimate of drug-likeness (QED) is 0.230. The molecule has 1 aliphatic heterocycles. The summed E-state index contributed by atoms with van der Waals surface area (Å²) in [6.07, 6.45) is 5.00. The first-order valence-corrected chi connectivity index (χ1v) is 13.3. The Labute approximate surface area is 232 Å².